The van der Waals surface area contributed by atoms with Gasteiger partial charge in [0.25, 0.3) is 0 Å². The Morgan fingerprint density at radius 1 is 1.47 bits per heavy atom. The van der Waals surface area contributed by atoms with E-state index >= 15 is 0 Å². The van der Waals surface area contributed by atoms with Crippen molar-refractivity contribution in [2.75, 3.05) is 12.1 Å². The molecule has 0 aromatic heterocycles. The van der Waals surface area contributed by atoms with Crippen molar-refractivity contribution < 1.29 is 26.4 Å². The molecule has 108 valence electrons. The Labute approximate surface area is 119 Å². The molecule has 10 heteroatoms. The number of halogens is 1. The fourth-order valence-electron chi connectivity index (χ4n) is 1.11. The molecule has 0 radical (unpaired) electrons. The molecule has 0 fully saturated rings. The minimum Gasteiger partial charge on any atom is -0.345 e. The van der Waals surface area contributed by atoms with Crippen LogP contribution in [0.15, 0.2) is 28.0 Å². The summed E-state index contributed by atoms with van der Waals surface area (Å²) >= 11 is 0. The molecule has 0 bridgehead atoms. The lowest BCUT2D eigenvalue weighted by molar-refractivity contribution is 0.351. The van der Waals surface area contributed by atoms with Crippen molar-refractivity contribution in [3.63, 3.8) is 0 Å². The first-order valence-electron chi connectivity index (χ1n) is 5.07. The molecule has 19 heavy (non-hydrogen) atoms. The van der Waals surface area contributed by atoms with Crippen LogP contribution in [0.3, 0.4) is 0 Å². The van der Waals surface area contributed by atoms with Gasteiger partial charge in [0, 0.05) is 10.6 Å². The van der Waals surface area contributed by atoms with E-state index in [1.54, 1.807) is 0 Å². The van der Waals surface area contributed by atoms with Crippen LogP contribution in [0.1, 0.15) is 6.92 Å². The van der Waals surface area contributed by atoms with Crippen LogP contribution < -0.4 is 0 Å². The first-order valence-corrected chi connectivity index (χ1v) is 10.4. The summed E-state index contributed by atoms with van der Waals surface area (Å²) in [7, 11) is -5.04. The highest BCUT2D eigenvalue weighted by Crippen LogP contribution is 2.37. The van der Waals surface area contributed by atoms with E-state index in [4.69, 9.17) is 4.89 Å². The molecular weight excluding hydrogens is 334 g/mol. The van der Waals surface area contributed by atoms with Gasteiger partial charge in [0.05, 0.1) is 0 Å². The van der Waals surface area contributed by atoms with Crippen LogP contribution in [0, 0.1) is 5.82 Å². The molecule has 0 aliphatic heterocycles. The van der Waals surface area contributed by atoms with E-state index in [-0.39, 0.29) is 4.90 Å². The van der Waals surface area contributed by atoms with Crippen LogP contribution in [0.2, 0.25) is 0 Å². The largest absolute Gasteiger partial charge is 0.345 e. The lowest BCUT2D eigenvalue weighted by Gasteiger charge is -2.09. The third-order valence-corrected chi connectivity index (χ3v) is 6.33. The molecule has 0 heterocycles. The van der Waals surface area contributed by atoms with E-state index in [1.165, 1.54) is 22.9 Å². The van der Waals surface area contributed by atoms with Gasteiger partial charge in [-0.3, -0.25) is 8.75 Å². The maximum absolute atomic E-state index is 13.7. The molecule has 0 amide bonds. The summed E-state index contributed by atoms with van der Waals surface area (Å²) in [6.07, 6.45) is -0.855. The quantitative estimate of drug-likeness (QED) is 0.462. The summed E-state index contributed by atoms with van der Waals surface area (Å²) < 4.78 is 52.2. The summed E-state index contributed by atoms with van der Waals surface area (Å²) in [6.45, 7) is 1.87. The maximum Gasteiger partial charge on any atom is 0.301 e. The average molecular weight is 346 g/mol. The molecule has 0 saturated carbocycles. The van der Waals surface area contributed by atoms with Gasteiger partial charge in [-0.1, -0.05) is 34.6 Å². The molecular formula is C9H12FO5PS3. The number of rotatable bonds is 7. The highest BCUT2D eigenvalue weighted by Gasteiger charge is 2.25. The Hall–Kier alpha value is -0.0500. The van der Waals surface area contributed by atoms with Gasteiger partial charge in [-0.15, -0.1) is 0 Å². The number of hydrogen-bond acceptors (Lipinski definition) is 6. The number of hydrogen-bond donors (Lipinski definition) is 1. The molecule has 1 N–H and O–H groups in total. The van der Waals surface area contributed by atoms with Gasteiger partial charge in [0.2, 0.25) is 8.03 Å². The van der Waals surface area contributed by atoms with Crippen molar-refractivity contribution >= 4 is 39.7 Å². The van der Waals surface area contributed by atoms with Crippen molar-refractivity contribution in [3.05, 3.63) is 24.0 Å². The molecule has 0 aliphatic rings. The zero-order valence-corrected chi connectivity index (χ0v) is 13.3. The van der Waals surface area contributed by atoms with Gasteiger partial charge in [0.1, 0.15) is 17.1 Å². The fourth-order valence-corrected chi connectivity index (χ4v) is 5.16. The molecule has 5 nitrogen and oxygen atoms in total. The summed E-state index contributed by atoms with van der Waals surface area (Å²) in [6, 6.07) is 3.84. The van der Waals surface area contributed by atoms with Gasteiger partial charge >= 0.3 is 10.1 Å². The molecule has 1 aromatic carbocycles. The van der Waals surface area contributed by atoms with Crippen LogP contribution in [0.25, 0.3) is 0 Å². The Bertz CT molecular complexity index is 563. The zero-order chi connectivity index (χ0) is 14.5. The SMILES string of the molecule is CCSSc1cccc(F)c1S(=O)(=O)OC[PH](=O)O. The van der Waals surface area contributed by atoms with E-state index in [0.29, 0.717) is 5.75 Å². The van der Waals surface area contributed by atoms with Gasteiger partial charge < -0.3 is 4.89 Å². The van der Waals surface area contributed by atoms with Crippen LogP contribution in [0.4, 0.5) is 4.39 Å². The van der Waals surface area contributed by atoms with Crippen molar-refractivity contribution in [2.24, 2.45) is 0 Å². The van der Waals surface area contributed by atoms with Crippen molar-refractivity contribution in [2.45, 2.75) is 16.7 Å². The van der Waals surface area contributed by atoms with E-state index in [2.05, 4.69) is 4.18 Å². The monoisotopic (exact) mass is 346 g/mol. The minimum absolute atomic E-state index is 0.199. The summed E-state index contributed by atoms with van der Waals surface area (Å²) in [4.78, 5) is 8.20. The lowest BCUT2D eigenvalue weighted by atomic mass is 10.3. The first kappa shape index (κ1) is 17.0. The van der Waals surface area contributed by atoms with Crippen molar-refractivity contribution in [1.29, 1.82) is 0 Å². The lowest BCUT2D eigenvalue weighted by Crippen LogP contribution is -2.09. The minimum atomic E-state index is -4.39. The third kappa shape index (κ3) is 5.09. The van der Waals surface area contributed by atoms with Crippen LogP contribution in [-0.2, 0) is 18.9 Å². The second-order valence-electron chi connectivity index (χ2n) is 3.17. The Morgan fingerprint density at radius 2 is 2.16 bits per heavy atom. The Kier molecular flexibility index (Phi) is 6.85. The molecule has 1 atom stereocenters. The normalized spacial score (nSPS) is 13.4. The molecule has 0 spiro atoms. The standard InChI is InChI=1S/C9H12FO5PS3/c1-2-17-18-8-5-3-4-7(10)9(8)19(13,14)15-6-16(11)12/h3-5,16H,2,6H2,1H3,(H,11,12). The van der Waals surface area contributed by atoms with E-state index < -0.39 is 35.2 Å². The second-order valence-corrected chi connectivity index (χ2v) is 8.42. The van der Waals surface area contributed by atoms with Gasteiger partial charge in [-0.2, -0.15) is 8.42 Å². The Morgan fingerprint density at radius 3 is 2.74 bits per heavy atom. The Balaban J connectivity index is 3.12. The topological polar surface area (TPSA) is 80.7 Å². The molecule has 1 rings (SSSR count). The first-order chi connectivity index (χ1) is 8.88. The third-order valence-electron chi connectivity index (χ3n) is 1.78. The summed E-state index contributed by atoms with van der Waals surface area (Å²) in [5, 5.41) is 0. The predicted molar refractivity (Wildman–Crippen MR) is 74.7 cm³/mol. The van der Waals surface area contributed by atoms with Crippen molar-refractivity contribution in [3.8, 4) is 0 Å². The average Bonchev–Trinajstić information content (AvgIpc) is 2.33. The van der Waals surface area contributed by atoms with Crippen LogP contribution >= 0.6 is 29.6 Å². The molecule has 0 aliphatic carbocycles. The van der Waals surface area contributed by atoms with E-state index in [9.17, 15) is 17.4 Å². The molecule has 1 unspecified atom stereocenters. The summed E-state index contributed by atoms with van der Waals surface area (Å²) in [5.41, 5.74) is 0. The van der Waals surface area contributed by atoms with Gasteiger partial charge in [0.15, 0.2) is 0 Å². The van der Waals surface area contributed by atoms with Crippen molar-refractivity contribution in [1.82, 2.24) is 0 Å². The maximum atomic E-state index is 13.7. The predicted octanol–water partition coefficient (Wildman–Crippen LogP) is 2.72. The van der Waals surface area contributed by atoms with Gasteiger partial charge in [-0.05, 0) is 12.1 Å². The van der Waals surface area contributed by atoms with Crippen LogP contribution in [0.5, 0.6) is 0 Å². The molecule has 0 saturated heterocycles. The van der Waals surface area contributed by atoms with E-state index in [0.717, 1.165) is 16.9 Å². The zero-order valence-electron chi connectivity index (χ0n) is 9.83. The fraction of sp³-hybridized carbons (Fsp3) is 0.333. The van der Waals surface area contributed by atoms with E-state index in [1.807, 2.05) is 6.92 Å². The highest BCUT2D eigenvalue weighted by molar-refractivity contribution is 8.76. The van der Waals surface area contributed by atoms with Gasteiger partial charge in [-0.25, -0.2) is 4.39 Å². The second kappa shape index (κ2) is 7.66. The number of benzene rings is 1. The highest BCUT2D eigenvalue weighted by atomic mass is 33.1. The molecule has 1 aromatic rings. The van der Waals surface area contributed by atoms with Crippen LogP contribution in [-0.4, -0.2) is 25.4 Å². The summed E-state index contributed by atoms with van der Waals surface area (Å²) in [5.74, 6) is -0.231. The smallest absolute Gasteiger partial charge is 0.301 e.